The number of hydrogen-bond donors (Lipinski definition) is 2. The molecule has 1 aromatic rings. The topological polar surface area (TPSA) is 89.6 Å². The molecule has 0 aliphatic carbocycles. The molecule has 0 aliphatic heterocycles. The molecule has 18 heavy (non-hydrogen) atoms. The molecule has 0 heterocycles. The normalized spacial score (nSPS) is 10.2. The van der Waals surface area contributed by atoms with E-state index in [2.05, 4.69) is 0 Å². The van der Waals surface area contributed by atoms with E-state index in [1.54, 1.807) is 13.8 Å². The van der Waals surface area contributed by atoms with Crippen LogP contribution in [0.25, 0.3) is 0 Å². The molecule has 0 saturated carbocycles. The average Bonchev–Trinajstić information content (AvgIpc) is 2.30. The van der Waals surface area contributed by atoms with Crippen LogP contribution in [-0.2, 0) is 4.74 Å². The van der Waals surface area contributed by atoms with Crippen LogP contribution in [0.3, 0.4) is 0 Å². The van der Waals surface area contributed by atoms with E-state index in [1.165, 1.54) is 6.07 Å². The van der Waals surface area contributed by atoms with Crippen LogP contribution in [-0.4, -0.2) is 23.7 Å². The van der Waals surface area contributed by atoms with Crippen molar-refractivity contribution in [1.29, 1.82) is 0 Å². The fourth-order valence-electron chi connectivity index (χ4n) is 1.76. The maximum absolute atomic E-state index is 11.9. The lowest BCUT2D eigenvalue weighted by atomic mass is 9.97. The summed E-state index contributed by atoms with van der Waals surface area (Å²) in [5.41, 5.74) is 7.21. The maximum Gasteiger partial charge on any atom is 0.338 e. The van der Waals surface area contributed by atoms with Gasteiger partial charge in [0.05, 0.1) is 17.7 Å². The van der Waals surface area contributed by atoms with Crippen LogP contribution in [0.5, 0.6) is 0 Å². The Morgan fingerprint density at radius 3 is 2.50 bits per heavy atom. The van der Waals surface area contributed by atoms with Crippen molar-refractivity contribution in [1.82, 2.24) is 0 Å². The molecular formula is C13H17NO4. The number of carbonyl (C=O) groups is 2. The van der Waals surface area contributed by atoms with Crippen LogP contribution in [0.1, 0.15) is 45.2 Å². The number of ether oxygens (including phenoxy) is 1. The first-order valence-electron chi connectivity index (χ1n) is 5.70. The Morgan fingerprint density at radius 1 is 1.39 bits per heavy atom. The highest BCUT2D eigenvalue weighted by atomic mass is 16.5. The lowest BCUT2D eigenvalue weighted by Gasteiger charge is -2.13. The summed E-state index contributed by atoms with van der Waals surface area (Å²) in [6, 6.07) is 1.40. The molecule has 0 atom stereocenters. The lowest BCUT2D eigenvalue weighted by Crippen LogP contribution is -2.14. The van der Waals surface area contributed by atoms with Gasteiger partial charge in [0.15, 0.2) is 0 Å². The average molecular weight is 251 g/mol. The summed E-state index contributed by atoms with van der Waals surface area (Å²) >= 11 is 0. The smallest absolute Gasteiger partial charge is 0.338 e. The molecule has 98 valence electrons. The fraction of sp³-hybridized carbons (Fsp3) is 0.385. The number of carbonyl (C=O) groups excluding carboxylic acids is 1. The Morgan fingerprint density at radius 2 is 2.00 bits per heavy atom. The molecule has 5 heteroatoms. The number of benzene rings is 1. The molecule has 1 rings (SSSR count). The van der Waals surface area contributed by atoms with Gasteiger partial charge < -0.3 is 15.6 Å². The van der Waals surface area contributed by atoms with E-state index >= 15 is 0 Å². The van der Waals surface area contributed by atoms with Gasteiger partial charge in [0, 0.05) is 5.69 Å². The number of nitrogen functional groups attached to an aromatic ring is 1. The lowest BCUT2D eigenvalue weighted by molar-refractivity contribution is 0.0502. The predicted octanol–water partition coefficient (Wildman–Crippen LogP) is 2.15. The van der Waals surface area contributed by atoms with Gasteiger partial charge in [-0.15, -0.1) is 0 Å². The second-order valence-electron chi connectivity index (χ2n) is 4.10. The van der Waals surface area contributed by atoms with Crippen molar-refractivity contribution >= 4 is 17.6 Å². The Balaban J connectivity index is 3.26. The summed E-state index contributed by atoms with van der Waals surface area (Å²) in [5.74, 6) is -1.57. The van der Waals surface area contributed by atoms with Crippen LogP contribution >= 0.6 is 0 Å². The zero-order valence-corrected chi connectivity index (χ0v) is 10.7. The summed E-state index contributed by atoms with van der Waals surface area (Å²) in [4.78, 5) is 22.8. The standard InChI is InChI=1S/C13H17NO4/c1-4-5-18-13(17)10-7(2)6-9(12(15)16)11(14)8(10)3/h6H,4-5,14H2,1-3H3,(H,15,16). The molecule has 0 amide bonds. The Kier molecular flexibility index (Phi) is 4.31. The monoisotopic (exact) mass is 251 g/mol. The van der Waals surface area contributed by atoms with Crippen LogP contribution < -0.4 is 5.73 Å². The summed E-state index contributed by atoms with van der Waals surface area (Å²) < 4.78 is 5.05. The first kappa shape index (κ1) is 14.0. The van der Waals surface area contributed by atoms with Gasteiger partial charge >= 0.3 is 11.9 Å². The van der Waals surface area contributed by atoms with Gasteiger partial charge in [-0.05, 0) is 37.5 Å². The van der Waals surface area contributed by atoms with E-state index in [1.807, 2.05) is 6.92 Å². The minimum Gasteiger partial charge on any atom is -0.478 e. The number of nitrogens with two attached hydrogens (primary N) is 1. The molecule has 3 N–H and O–H groups in total. The Labute approximate surface area is 106 Å². The number of esters is 1. The summed E-state index contributed by atoms with van der Waals surface area (Å²) in [7, 11) is 0. The molecule has 0 aliphatic rings. The fourth-order valence-corrected chi connectivity index (χ4v) is 1.76. The van der Waals surface area contributed by atoms with E-state index in [-0.39, 0.29) is 11.3 Å². The molecule has 0 fully saturated rings. The maximum atomic E-state index is 11.9. The first-order chi connectivity index (χ1) is 8.40. The van der Waals surface area contributed by atoms with Gasteiger partial charge in [-0.1, -0.05) is 6.92 Å². The van der Waals surface area contributed by atoms with Gasteiger partial charge in [-0.2, -0.15) is 0 Å². The van der Waals surface area contributed by atoms with E-state index in [0.717, 1.165) is 6.42 Å². The first-order valence-corrected chi connectivity index (χ1v) is 5.70. The molecule has 0 radical (unpaired) electrons. The van der Waals surface area contributed by atoms with Crippen LogP contribution in [0.15, 0.2) is 6.07 Å². The molecule has 0 spiro atoms. The Hall–Kier alpha value is -2.04. The Bertz CT molecular complexity index is 494. The van der Waals surface area contributed by atoms with Crippen LogP contribution in [0, 0.1) is 13.8 Å². The van der Waals surface area contributed by atoms with Crippen molar-refractivity contribution in [2.75, 3.05) is 12.3 Å². The second-order valence-corrected chi connectivity index (χ2v) is 4.10. The predicted molar refractivity (Wildman–Crippen MR) is 67.9 cm³/mol. The number of aromatic carboxylic acids is 1. The second kappa shape index (κ2) is 5.53. The molecule has 1 aromatic carbocycles. The summed E-state index contributed by atoms with van der Waals surface area (Å²) in [6.45, 7) is 5.52. The van der Waals surface area contributed by atoms with Gasteiger partial charge in [0.25, 0.3) is 0 Å². The van der Waals surface area contributed by atoms with Crippen molar-refractivity contribution < 1.29 is 19.4 Å². The van der Waals surface area contributed by atoms with Gasteiger partial charge in [0.2, 0.25) is 0 Å². The van der Waals surface area contributed by atoms with E-state index in [9.17, 15) is 9.59 Å². The van der Waals surface area contributed by atoms with Crippen molar-refractivity contribution in [3.8, 4) is 0 Å². The third-order valence-electron chi connectivity index (χ3n) is 2.70. The number of hydrogen-bond acceptors (Lipinski definition) is 4. The van der Waals surface area contributed by atoms with Gasteiger partial charge in [0.1, 0.15) is 0 Å². The van der Waals surface area contributed by atoms with Crippen molar-refractivity contribution in [3.63, 3.8) is 0 Å². The van der Waals surface area contributed by atoms with Gasteiger partial charge in [-0.25, -0.2) is 9.59 Å². The highest BCUT2D eigenvalue weighted by Gasteiger charge is 2.20. The van der Waals surface area contributed by atoms with E-state index < -0.39 is 11.9 Å². The van der Waals surface area contributed by atoms with Crippen molar-refractivity contribution in [3.05, 3.63) is 28.3 Å². The van der Waals surface area contributed by atoms with Crippen LogP contribution in [0.4, 0.5) is 5.69 Å². The molecule has 0 aromatic heterocycles. The SMILES string of the molecule is CCCOC(=O)c1c(C)cc(C(=O)O)c(N)c1C. The van der Waals surface area contributed by atoms with E-state index in [4.69, 9.17) is 15.6 Å². The number of carboxylic acids is 1. The van der Waals surface area contributed by atoms with Crippen molar-refractivity contribution in [2.45, 2.75) is 27.2 Å². The number of aryl methyl sites for hydroxylation is 1. The quantitative estimate of drug-likeness (QED) is 0.632. The molecule has 0 saturated heterocycles. The van der Waals surface area contributed by atoms with E-state index in [0.29, 0.717) is 23.3 Å². The minimum atomic E-state index is -1.10. The minimum absolute atomic E-state index is 0.0111. The molecular weight excluding hydrogens is 234 g/mol. The number of rotatable bonds is 4. The molecule has 5 nitrogen and oxygen atoms in total. The zero-order valence-electron chi connectivity index (χ0n) is 10.7. The third-order valence-corrected chi connectivity index (χ3v) is 2.70. The van der Waals surface area contributed by atoms with Crippen molar-refractivity contribution in [2.24, 2.45) is 0 Å². The third kappa shape index (κ3) is 2.61. The highest BCUT2D eigenvalue weighted by Crippen LogP contribution is 2.25. The largest absolute Gasteiger partial charge is 0.478 e. The summed E-state index contributed by atoms with van der Waals surface area (Å²) in [5, 5.41) is 8.99. The molecule has 0 bridgehead atoms. The number of anilines is 1. The number of carboxylic acid groups (broad SMARTS) is 1. The highest BCUT2D eigenvalue weighted by molar-refractivity contribution is 6.00. The van der Waals surface area contributed by atoms with Crippen LogP contribution in [0.2, 0.25) is 0 Å². The molecule has 0 unspecified atom stereocenters. The zero-order chi connectivity index (χ0) is 13.9. The van der Waals surface area contributed by atoms with Gasteiger partial charge in [-0.3, -0.25) is 0 Å². The summed E-state index contributed by atoms with van der Waals surface area (Å²) in [6.07, 6.45) is 0.729.